The fraction of sp³-hybridized carbons (Fsp3) is 0.379. The minimum Gasteiger partial charge on any atom is -0.468 e. The number of carbonyl (C=O) groups excluding carboxylic acids is 4. The summed E-state index contributed by atoms with van der Waals surface area (Å²) >= 11 is 7.12. The third-order valence-corrected chi connectivity index (χ3v) is 7.70. The molecule has 0 heterocycles. The van der Waals surface area contributed by atoms with Gasteiger partial charge < -0.3 is 9.47 Å². The largest absolute Gasteiger partial charge is 0.468 e. The van der Waals surface area contributed by atoms with E-state index in [0.29, 0.717) is 24.2 Å². The van der Waals surface area contributed by atoms with Crippen LogP contribution in [-0.2, 0) is 23.9 Å². The Bertz CT molecular complexity index is 1320. The Hall–Kier alpha value is -3.24. The van der Waals surface area contributed by atoms with Crippen molar-refractivity contribution < 1.29 is 37.4 Å². The van der Waals surface area contributed by atoms with Gasteiger partial charge in [0.15, 0.2) is 0 Å². The average molecular weight is 594 g/mol. The lowest BCUT2D eigenvalue weighted by atomic mass is 9.90. The van der Waals surface area contributed by atoms with E-state index in [-0.39, 0.29) is 51.8 Å². The first-order valence-corrected chi connectivity index (χ1v) is 14.3. The maximum absolute atomic E-state index is 15.4. The highest BCUT2D eigenvalue weighted by Crippen LogP contribution is 2.36. The zero-order valence-corrected chi connectivity index (χ0v) is 23.8. The fourth-order valence-corrected chi connectivity index (χ4v) is 5.26. The number of anilines is 1. The van der Waals surface area contributed by atoms with Crippen LogP contribution in [0.15, 0.2) is 52.4 Å². The molecule has 2 aromatic carbocycles. The van der Waals surface area contributed by atoms with Gasteiger partial charge >= 0.3 is 11.9 Å². The number of halogens is 3. The number of imide groups is 1. The third-order valence-electron chi connectivity index (χ3n) is 6.25. The van der Waals surface area contributed by atoms with Crippen LogP contribution in [-0.4, -0.2) is 43.2 Å². The van der Waals surface area contributed by atoms with Gasteiger partial charge in [-0.1, -0.05) is 37.4 Å². The Kier molecular flexibility index (Phi) is 11.7. The lowest BCUT2D eigenvalue weighted by molar-refractivity contribution is -0.140. The molecule has 1 aliphatic rings. The van der Waals surface area contributed by atoms with Gasteiger partial charge in [0.1, 0.15) is 11.6 Å². The molecule has 0 aliphatic heterocycles. The summed E-state index contributed by atoms with van der Waals surface area (Å²) < 4.78 is 39.5. The normalized spacial score (nSPS) is 13.1. The predicted molar refractivity (Wildman–Crippen MR) is 148 cm³/mol. The van der Waals surface area contributed by atoms with Crippen LogP contribution >= 0.6 is 23.4 Å². The molecule has 2 amide bonds. The van der Waals surface area contributed by atoms with Gasteiger partial charge in [0.25, 0.3) is 11.8 Å². The van der Waals surface area contributed by atoms with Crippen LogP contribution in [0.2, 0.25) is 5.02 Å². The van der Waals surface area contributed by atoms with Gasteiger partial charge in [0.2, 0.25) is 0 Å². The van der Waals surface area contributed by atoms with Gasteiger partial charge in [-0.15, -0.1) is 11.8 Å². The highest BCUT2D eigenvalue weighted by atomic mass is 35.5. The van der Waals surface area contributed by atoms with Gasteiger partial charge in [-0.2, -0.15) is 0 Å². The molecule has 0 spiro atoms. The molecular weight excluding hydrogens is 564 g/mol. The molecule has 7 nitrogen and oxygen atoms in total. The van der Waals surface area contributed by atoms with Crippen molar-refractivity contribution in [1.82, 2.24) is 0 Å². The molecule has 0 aromatic heterocycles. The van der Waals surface area contributed by atoms with Crippen molar-refractivity contribution >= 4 is 52.8 Å². The van der Waals surface area contributed by atoms with Crippen molar-refractivity contribution in [2.75, 3.05) is 24.4 Å². The standard InChI is InChI=1S/C29H30ClF2NO6S/c1-3-4-7-13-39-29(37)21-12-6-5-11-20(21)28(36)33(27(35)18-9-8-10-19(31)14-18)24-16-25(22(30)15-23(24)32)40-17-26(34)38-2/h8-10,14-16H,3-7,11-13,17H2,1-2H3. The van der Waals surface area contributed by atoms with Crippen molar-refractivity contribution in [2.45, 2.75) is 56.8 Å². The van der Waals surface area contributed by atoms with E-state index < -0.39 is 41.1 Å². The van der Waals surface area contributed by atoms with Crippen LogP contribution in [0.5, 0.6) is 0 Å². The average Bonchev–Trinajstić information content (AvgIpc) is 2.95. The second-order valence-electron chi connectivity index (χ2n) is 9.06. The number of ether oxygens (including phenoxy) is 2. The number of amides is 2. The quantitative estimate of drug-likeness (QED) is 0.124. The number of esters is 2. The van der Waals surface area contributed by atoms with Crippen molar-refractivity contribution in [2.24, 2.45) is 0 Å². The second-order valence-corrected chi connectivity index (χ2v) is 10.5. The molecular formula is C29H30ClF2NO6S. The number of unbranched alkanes of at least 4 members (excludes halogenated alkanes) is 2. The lowest BCUT2D eigenvalue weighted by Gasteiger charge is -2.26. The van der Waals surface area contributed by atoms with Crippen LogP contribution in [0.4, 0.5) is 14.5 Å². The third kappa shape index (κ3) is 7.91. The van der Waals surface area contributed by atoms with Crippen LogP contribution in [0.25, 0.3) is 0 Å². The van der Waals surface area contributed by atoms with Crippen molar-refractivity contribution in [3.63, 3.8) is 0 Å². The first-order valence-electron chi connectivity index (χ1n) is 12.9. The number of methoxy groups -OCH3 is 1. The summed E-state index contributed by atoms with van der Waals surface area (Å²) in [6, 6.07) is 6.75. The minimum atomic E-state index is -0.997. The number of nitrogens with zero attached hydrogens (tertiary/aromatic N) is 1. The van der Waals surface area contributed by atoms with E-state index in [2.05, 4.69) is 4.74 Å². The Morgan fingerprint density at radius 3 is 2.40 bits per heavy atom. The van der Waals surface area contributed by atoms with Gasteiger partial charge in [0.05, 0.1) is 30.2 Å². The van der Waals surface area contributed by atoms with E-state index in [1.165, 1.54) is 25.3 Å². The summed E-state index contributed by atoms with van der Waals surface area (Å²) in [7, 11) is 1.21. The number of hydrogen-bond acceptors (Lipinski definition) is 7. The van der Waals surface area contributed by atoms with Gasteiger partial charge in [-0.25, -0.2) is 18.5 Å². The smallest absolute Gasteiger partial charge is 0.334 e. The highest BCUT2D eigenvalue weighted by molar-refractivity contribution is 8.00. The number of rotatable bonds is 11. The van der Waals surface area contributed by atoms with Gasteiger partial charge in [-0.3, -0.25) is 14.4 Å². The Morgan fingerprint density at radius 1 is 1.00 bits per heavy atom. The van der Waals surface area contributed by atoms with E-state index in [9.17, 15) is 23.6 Å². The molecule has 0 unspecified atom stereocenters. The summed E-state index contributed by atoms with van der Waals surface area (Å²) in [5.41, 5.74) is -0.481. The molecule has 0 saturated heterocycles. The van der Waals surface area contributed by atoms with Gasteiger partial charge in [0, 0.05) is 21.6 Å². The minimum absolute atomic E-state index is 0.0367. The molecule has 11 heteroatoms. The van der Waals surface area contributed by atoms with E-state index in [1.807, 2.05) is 6.92 Å². The van der Waals surface area contributed by atoms with Crippen LogP contribution < -0.4 is 4.90 Å². The fourth-order valence-electron chi connectivity index (χ4n) is 4.16. The number of carbonyl (C=O) groups is 4. The van der Waals surface area contributed by atoms with Crippen LogP contribution in [0.3, 0.4) is 0 Å². The molecule has 2 aromatic rings. The Morgan fingerprint density at radius 2 is 1.73 bits per heavy atom. The van der Waals surface area contributed by atoms with E-state index in [0.717, 1.165) is 42.8 Å². The maximum Gasteiger partial charge on any atom is 0.334 e. The zero-order valence-electron chi connectivity index (χ0n) is 22.3. The monoisotopic (exact) mass is 593 g/mol. The van der Waals surface area contributed by atoms with Crippen LogP contribution in [0.1, 0.15) is 62.2 Å². The van der Waals surface area contributed by atoms with E-state index in [4.69, 9.17) is 16.3 Å². The summed E-state index contributed by atoms with van der Waals surface area (Å²) in [6.07, 6.45) is 4.12. The van der Waals surface area contributed by atoms with Crippen molar-refractivity contribution in [3.8, 4) is 0 Å². The topological polar surface area (TPSA) is 90.0 Å². The van der Waals surface area contributed by atoms with E-state index in [1.54, 1.807) is 0 Å². The SMILES string of the molecule is CCCCCOC(=O)C1=C(C(=O)N(C(=O)c2cccc(F)c2)c2cc(SCC(=O)OC)c(Cl)cc2F)CCCC1. The Balaban J connectivity index is 2.10. The molecule has 0 fully saturated rings. The number of thioether (sulfide) groups is 1. The van der Waals surface area contributed by atoms with Crippen molar-refractivity contribution in [1.29, 1.82) is 0 Å². The molecule has 0 atom stereocenters. The number of benzene rings is 2. The molecule has 3 rings (SSSR count). The second kappa shape index (κ2) is 14.9. The zero-order chi connectivity index (χ0) is 29.2. The predicted octanol–water partition coefficient (Wildman–Crippen LogP) is 6.66. The van der Waals surface area contributed by atoms with Gasteiger partial charge in [-0.05, 0) is 62.4 Å². The first-order chi connectivity index (χ1) is 19.2. The molecule has 0 radical (unpaired) electrons. The van der Waals surface area contributed by atoms with E-state index >= 15 is 4.39 Å². The molecule has 214 valence electrons. The molecule has 40 heavy (non-hydrogen) atoms. The molecule has 0 N–H and O–H groups in total. The summed E-state index contributed by atoms with van der Waals surface area (Å²) in [4.78, 5) is 53.1. The van der Waals surface area contributed by atoms with Crippen molar-refractivity contribution in [3.05, 3.63) is 69.8 Å². The molecule has 0 saturated carbocycles. The summed E-state index contributed by atoms with van der Waals surface area (Å²) in [5.74, 6) is -5.01. The maximum atomic E-state index is 15.4. The Labute approximate surface area is 240 Å². The number of hydrogen-bond donors (Lipinski definition) is 0. The summed E-state index contributed by atoms with van der Waals surface area (Å²) in [5, 5.41) is -0.0472. The summed E-state index contributed by atoms with van der Waals surface area (Å²) in [6.45, 7) is 2.21. The van der Waals surface area contributed by atoms with Crippen LogP contribution in [0, 0.1) is 11.6 Å². The lowest BCUT2D eigenvalue weighted by Crippen LogP contribution is -2.40. The highest BCUT2D eigenvalue weighted by Gasteiger charge is 2.34. The first kappa shape index (κ1) is 31.3. The molecule has 1 aliphatic carbocycles. The molecule has 0 bridgehead atoms.